The van der Waals surface area contributed by atoms with Gasteiger partial charge in [0.2, 0.25) is 0 Å². The zero-order valence-electron chi connectivity index (χ0n) is 18.8. The molecule has 0 spiro atoms. The van der Waals surface area contributed by atoms with Crippen LogP contribution in [0.2, 0.25) is 0 Å². The van der Waals surface area contributed by atoms with E-state index >= 15 is 0 Å². The minimum absolute atomic E-state index is 0.133. The van der Waals surface area contributed by atoms with Crippen molar-refractivity contribution in [3.05, 3.63) is 89.7 Å². The monoisotopic (exact) mass is 433 g/mol. The Kier molecular flexibility index (Phi) is 7.64. The van der Waals surface area contributed by atoms with Crippen molar-refractivity contribution in [2.24, 2.45) is 0 Å². The molecule has 0 unspecified atom stereocenters. The van der Waals surface area contributed by atoms with E-state index in [1.54, 1.807) is 6.20 Å². The van der Waals surface area contributed by atoms with Crippen molar-refractivity contribution in [3.63, 3.8) is 0 Å². The number of hydrogen-bond acceptors (Lipinski definition) is 3. The first-order valence-electron chi connectivity index (χ1n) is 10.6. The van der Waals surface area contributed by atoms with E-state index in [0.29, 0.717) is 24.8 Å². The smallest absolute Gasteiger partial charge is 0.174 e. The predicted molar refractivity (Wildman–Crippen MR) is 132 cm³/mol. The molecule has 4 nitrogen and oxygen atoms in total. The molecule has 0 radical (unpaired) electrons. The highest BCUT2D eigenvalue weighted by molar-refractivity contribution is 7.80. The number of hydrogen-bond donors (Lipinski definition) is 1. The Hall–Kier alpha value is -2.92. The molecule has 31 heavy (non-hydrogen) atoms. The van der Waals surface area contributed by atoms with Crippen LogP contribution in [0.1, 0.15) is 44.4 Å². The molecule has 5 heteroatoms. The second-order valence-electron chi connectivity index (χ2n) is 8.52. The van der Waals surface area contributed by atoms with E-state index in [2.05, 4.69) is 66.3 Å². The Bertz CT molecular complexity index is 982. The summed E-state index contributed by atoms with van der Waals surface area (Å²) in [5, 5.41) is 4.03. The molecule has 0 atom stereocenters. The highest BCUT2D eigenvalue weighted by Crippen LogP contribution is 2.25. The Morgan fingerprint density at radius 3 is 2.32 bits per heavy atom. The number of pyridine rings is 1. The molecule has 1 N–H and O–H groups in total. The number of ether oxygens (including phenoxy) is 1. The van der Waals surface area contributed by atoms with Crippen LogP contribution in [0.15, 0.2) is 73.1 Å². The first-order chi connectivity index (χ1) is 14.9. The van der Waals surface area contributed by atoms with E-state index < -0.39 is 0 Å². The molecular formula is C26H31N3OS. The van der Waals surface area contributed by atoms with Gasteiger partial charge in [0.05, 0.1) is 12.3 Å². The molecular weight excluding hydrogens is 402 g/mol. The molecule has 0 fully saturated rings. The van der Waals surface area contributed by atoms with Gasteiger partial charge in [-0.25, -0.2) is 0 Å². The first kappa shape index (κ1) is 22.8. The van der Waals surface area contributed by atoms with Crippen LogP contribution in [0, 0.1) is 0 Å². The summed E-state index contributed by atoms with van der Waals surface area (Å²) in [6.45, 7) is 10.6. The lowest BCUT2D eigenvalue weighted by Gasteiger charge is -2.27. The third-order valence-corrected chi connectivity index (χ3v) is 5.37. The summed E-state index contributed by atoms with van der Waals surface area (Å²) in [4.78, 5) is 6.41. The summed E-state index contributed by atoms with van der Waals surface area (Å²) in [6, 6.07) is 20.7. The zero-order chi connectivity index (χ0) is 22.3. The van der Waals surface area contributed by atoms with E-state index in [1.807, 2.05) is 43.5 Å². The number of thiocarbonyl (C=S) groups is 1. The van der Waals surface area contributed by atoms with E-state index in [-0.39, 0.29) is 5.41 Å². The van der Waals surface area contributed by atoms with Crippen molar-refractivity contribution < 1.29 is 4.74 Å². The normalized spacial score (nSPS) is 11.1. The van der Waals surface area contributed by atoms with Crippen LogP contribution in [0.25, 0.3) is 0 Å². The fraction of sp³-hybridized carbons (Fsp3) is 0.308. The molecule has 0 bridgehead atoms. The summed E-state index contributed by atoms with van der Waals surface area (Å²) in [7, 11) is 0. The Balaban J connectivity index is 1.81. The van der Waals surface area contributed by atoms with Crippen molar-refractivity contribution in [2.45, 2.75) is 46.2 Å². The Morgan fingerprint density at radius 2 is 1.68 bits per heavy atom. The highest BCUT2D eigenvalue weighted by atomic mass is 32.1. The van der Waals surface area contributed by atoms with Gasteiger partial charge in [-0.05, 0) is 59.4 Å². The van der Waals surface area contributed by atoms with E-state index in [1.165, 1.54) is 11.1 Å². The number of nitrogens with one attached hydrogen (secondary N) is 1. The van der Waals surface area contributed by atoms with Crippen molar-refractivity contribution in [2.75, 3.05) is 11.9 Å². The molecule has 1 heterocycles. The molecule has 2 aromatic carbocycles. The minimum Gasteiger partial charge on any atom is -0.492 e. The number of rotatable bonds is 7. The third kappa shape index (κ3) is 6.53. The lowest BCUT2D eigenvalue weighted by molar-refractivity contribution is 0.342. The minimum atomic E-state index is 0.133. The summed E-state index contributed by atoms with van der Waals surface area (Å²) in [6.07, 6.45) is 3.67. The van der Waals surface area contributed by atoms with Gasteiger partial charge in [0.25, 0.3) is 0 Å². The average Bonchev–Trinajstić information content (AvgIpc) is 2.75. The molecule has 0 saturated carbocycles. The zero-order valence-corrected chi connectivity index (χ0v) is 19.6. The van der Waals surface area contributed by atoms with Gasteiger partial charge in [-0.1, -0.05) is 63.2 Å². The Labute approximate surface area is 191 Å². The molecule has 0 aliphatic rings. The van der Waals surface area contributed by atoms with Crippen molar-refractivity contribution in [1.82, 2.24) is 9.88 Å². The molecule has 0 saturated heterocycles. The largest absolute Gasteiger partial charge is 0.492 e. The number of benzene rings is 2. The quantitative estimate of drug-likeness (QED) is 0.451. The Morgan fingerprint density at radius 1 is 0.968 bits per heavy atom. The highest BCUT2D eigenvalue weighted by Gasteiger charge is 2.16. The standard InChI is InChI=1S/C26H31N3OS/c1-5-30-24-11-7-6-10-23(24)28-25(31)29(19-21-9-8-16-27-17-21)18-20-12-14-22(15-13-20)26(2,3)4/h6-17H,5,18-19H2,1-4H3,(H,28,31). The molecule has 1 aromatic heterocycles. The lowest BCUT2D eigenvalue weighted by Crippen LogP contribution is -2.34. The average molecular weight is 434 g/mol. The summed E-state index contributed by atoms with van der Waals surface area (Å²) in [5.41, 5.74) is 4.64. The van der Waals surface area contributed by atoms with Crippen molar-refractivity contribution >= 4 is 23.0 Å². The molecule has 3 rings (SSSR count). The lowest BCUT2D eigenvalue weighted by atomic mass is 9.87. The number of anilines is 1. The molecule has 162 valence electrons. The van der Waals surface area contributed by atoms with Gasteiger partial charge in [0.15, 0.2) is 5.11 Å². The molecule has 0 amide bonds. The van der Waals surface area contributed by atoms with Gasteiger partial charge in [-0.15, -0.1) is 0 Å². The summed E-state index contributed by atoms with van der Waals surface area (Å²) >= 11 is 5.82. The maximum Gasteiger partial charge on any atom is 0.174 e. The van der Waals surface area contributed by atoms with Gasteiger partial charge in [0, 0.05) is 25.5 Å². The second kappa shape index (κ2) is 10.4. The van der Waals surface area contributed by atoms with Crippen LogP contribution in [0.5, 0.6) is 5.75 Å². The maximum atomic E-state index is 5.82. The van der Waals surface area contributed by atoms with Crippen LogP contribution in [-0.2, 0) is 18.5 Å². The second-order valence-corrected chi connectivity index (χ2v) is 8.91. The summed E-state index contributed by atoms with van der Waals surface area (Å²) < 4.78 is 5.75. The van der Waals surface area contributed by atoms with Crippen LogP contribution >= 0.6 is 12.2 Å². The third-order valence-electron chi connectivity index (χ3n) is 5.01. The van der Waals surface area contributed by atoms with Gasteiger partial charge in [0.1, 0.15) is 5.75 Å². The summed E-state index contributed by atoms with van der Waals surface area (Å²) in [5.74, 6) is 0.795. The number of nitrogens with zero attached hydrogens (tertiary/aromatic N) is 2. The molecule has 0 aliphatic carbocycles. The van der Waals surface area contributed by atoms with Crippen molar-refractivity contribution in [1.29, 1.82) is 0 Å². The van der Waals surface area contributed by atoms with E-state index in [0.717, 1.165) is 17.0 Å². The van der Waals surface area contributed by atoms with Crippen LogP contribution in [0.3, 0.4) is 0 Å². The van der Waals surface area contributed by atoms with Gasteiger partial charge in [-0.3, -0.25) is 4.98 Å². The number of aromatic nitrogens is 1. The first-order valence-corrected chi connectivity index (χ1v) is 11.0. The SMILES string of the molecule is CCOc1ccccc1NC(=S)N(Cc1ccc(C(C)(C)C)cc1)Cc1cccnc1. The fourth-order valence-electron chi connectivity index (χ4n) is 3.29. The van der Waals surface area contributed by atoms with Crippen LogP contribution in [0.4, 0.5) is 5.69 Å². The van der Waals surface area contributed by atoms with Gasteiger partial charge in [-0.2, -0.15) is 0 Å². The van der Waals surface area contributed by atoms with E-state index in [9.17, 15) is 0 Å². The fourth-order valence-corrected chi connectivity index (χ4v) is 3.53. The van der Waals surface area contributed by atoms with Gasteiger partial charge >= 0.3 is 0 Å². The van der Waals surface area contributed by atoms with Crippen LogP contribution in [-0.4, -0.2) is 21.6 Å². The van der Waals surface area contributed by atoms with Crippen molar-refractivity contribution in [3.8, 4) is 5.75 Å². The predicted octanol–water partition coefficient (Wildman–Crippen LogP) is 6.18. The van der Waals surface area contributed by atoms with E-state index in [4.69, 9.17) is 17.0 Å². The maximum absolute atomic E-state index is 5.82. The molecule has 0 aliphatic heterocycles. The van der Waals surface area contributed by atoms with Crippen LogP contribution < -0.4 is 10.1 Å². The topological polar surface area (TPSA) is 37.4 Å². The molecule has 3 aromatic rings. The van der Waals surface area contributed by atoms with Gasteiger partial charge < -0.3 is 15.0 Å². The number of para-hydroxylation sites is 2.